The van der Waals surface area contributed by atoms with E-state index < -0.39 is 0 Å². The second kappa shape index (κ2) is 10.2. The van der Waals surface area contributed by atoms with Gasteiger partial charge < -0.3 is 19.5 Å². The van der Waals surface area contributed by atoms with Crippen molar-refractivity contribution in [1.82, 2.24) is 10.2 Å². The number of hydrogen-bond acceptors (Lipinski definition) is 5. The van der Waals surface area contributed by atoms with Gasteiger partial charge in [0.15, 0.2) is 0 Å². The van der Waals surface area contributed by atoms with Gasteiger partial charge in [-0.15, -0.1) is 0 Å². The molecule has 0 unspecified atom stereocenters. The number of hydrogen-bond donors (Lipinski definition) is 1. The Labute approximate surface area is 172 Å². The molecule has 156 valence electrons. The second-order valence-corrected chi connectivity index (χ2v) is 7.29. The van der Waals surface area contributed by atoms with Gasteiger partial charge in [0.05, 0.1) is 21.3 Å². The Morgan fingerprint density at radius 3 is 2.24 bits per heavy atom. The van der Waals surface area contributed by atoms with Crippen LogP contribution in [0.3, 0.4) is 0 Å². The van der Waals surface area contributed by atoms with Crippen LogP contribution in [-0.4, -0.2) is 45.2 Å². The molecule has 1 fully saturated rings. The van der Waals surface area contributed by atoms with Crippen molar-refractivity contribution in [3.63, 3.8) is 0 Å². The van der Waals surface area contributed by atoms with E-state index in [-0.39, 0.29) is 11.8 Å². The van der Waals surface area contributed by atoms with Gasteiger partial charge in [-0.1, -0.05) is 18.2 Å². The average molecular weight is 399 g/mol. The molecule has 1 aliphatic heterocycles. The molecule has 0 spiro atoms. The zero-order chi connectivity index (χ0) is 20.6. The topological polar surface area (TPSA) is 60.0 Å². The summed E-state index contributed by atoms with van der Waals surface area (Å²) in [6.45, 7) is 3.16. The highest BCUT2D eigenvalue weighted by Crippen LogP contribution is 2.27. The van der Waals surface area contributed by atoms with Crippen LogP contribution in [-0.2, 0) is 17.9 Å². The Hall–Kier alpha value is -2.73. The van der Waals surface area contributed by atoms with Gasteiger partial charge in [-0.25, -0.2) is 0 Å². The predicted molar refractivity (Wildman–Crippen MR) is 112 cm³/mol. The number of ether oxygens (including phenoxy) is 3. The van der Waals surface area contributed by atoms with Crippen molar-refractivity contribution >= 4 is 5.91 Å². The zero-order valence-electron chi connectivity index (χ0n) is 17.4. The molecule has 2 aromatic rings. The van der Waals surface area contributed by atoms with E-state index in [2.05, 4.69) is 10.2 Å². The van der Waals surface area contributed by atoms with Gasteiger partial charge in [0, 0.05) is 30.6 Å². The van der Waals surface area contributed by atoms with Crippen LogP contribution in [0.2, 0.25) is 0 Å². The normalized spacial score (nSPS) is 15.0. The van der Waals surface area contributed by atoms with Gasteiger partial charge in [-0.05, 0) is 49.7 Å². The molecule has 2 aromatic carbocycles. The van der Waals surface area contributed by atoms with Crippen LogP contribution in [0, 0.1) is 5.92 Å². The molecule has 0 atom stereocenters. The summed E-state index contributed by atoms with van der Waals surface area (Å²) < 4.78 is 15.9. The van der Waals surface area contributed by atoms with Gasteiger partial charge in [0.2, 0.25) is 5.91 Å². The SMILES string of the molecule is COc1ccc(CNC(=O)C2CCN(Cc3ccc(OC)cc3OC)CC2)cc1. The number of likely N-dealkylation sites (tertiary alicyclic amines) is 1. The summed E-state index contributed by atoms with van der Waals surface area (Å²) in [5.41, 5.74) is 2.21. The van der Waals surface area contributed by atoms with Crippen molar-refractivity contribution < 1.29 is 19.0 Å². The Kier molecular flexibility index (Phi) is 7.36. The highest BCUT2D eigenvalue weighted by Gasteiger charge is 2.25. The lowest BCUT2D eigenvalue weighted by Gasteiger charge is -2.31. The number of amides is 1. The maximum Gasteiger partial charge on any atom is 0.223 e. The van der Waals surface area contributed by atoms with Crippen LogP contribution < -0.4 is 19.5 Å². The fourth-order valence-electron chi connectivity index (χ4n) is 3.65. The van der Waals surface area contributed by atoms with E-state index in [4.69, 9.17) is 14.2 Å². The minimum atomic E-state index is 0.0715. The van der Waals surface area contributed by atoms with Crippen molar-refractivity contribution in [2.24, 2.45) is 5.92 Å². The van der Waals surface area contributed by atoms with Crippen LogP contribution in [0.15, 0.2) is 42.5 Å². The lowest BCUT2D eigenvalue weighted by Crippen LogP contribution is -2.40. The Morgan fingerprint density at radius 1 is 0.966 bits per heavy atom. The summed E-state index contributed by atoms with van der Waals surface area (Å²) in [5, 5.41) is 3.07. The average Bonchev–Trinajstić information content (AvgIpc) is 2.78. The third-order valence-electron chi connectivity index (χ3n) is 5.47. The molecule has 6 heteroatoms. The van der Waals surface area contributed by atoms with Crippen LogP contribution in [0.4, 0.5) is 0 Å². The van der Waals surface area contributed by atoms with E-state index in [1.807, 2.05) is 42.5 Å². The van der Waals surface area contributed by atoms with Crippen molar-refractivity contribution in [2.75, 3.05) is 34.4 Å². The minimum absolute atomic E-state index is 0.0715. The zero-order valence-corrected chi connectivity index (χ0v) is 17.4. The molecule has 29 heavy (non-hydrogen) atoms. The number of rotatable bonds is 8. The summed E-state index contributed by atoms with van der Waals surface area (Å²) in [4.78, 5) is 14.9. The Balaban J connectivity index is 1.46. The maximum atomic E-state index is 12.5. The summed E-state index contributed by atoms with van der Waals surface area (Å²) in [6.07, 6.45) is 1.74. The number of nitrogens with one attached hydrogen (secondary N) is 1. The van der Waals surface area contributed by atoms with E-state index in [1.165, 1.54) is 0 Å². The van der Waals surface area contributed by atoms with E-state index in [0.29, 0.717) is 6.54 Å². The molecular formula is C23H30N2O4. The Bertz CT molecular complexity index is 799. The first-order chi connectivity index (χ1) is 14.1. The first kappa shape index (κ1) is 21.0. The van der Waals surface area contributed by atoms with Gasteiger partial charge in [-0.2, -0.15) is 0 Å². The van der Waals surface area contributed by atoms with Gasteiger partial charge in [0.1, 0.15) is 17.2 Å². The van der Waals surface area contributed by atoms with Crippen molar-refractivity contribution in [2.45, 2.75) is 25.9 Å². The highest BCUT2D eigenvalue weighted by molar-refractivity contribution is 5.78. The van der Waals surface area contributed by atoms with Gasteiger partial charge >= 0.3 is 0 Å². The predicted octanol–water partition coefficient (Wildman–Crippen LogP) is 3.24. The minimum Gasteiger partial charge on any atom is -0.497 e. The summed E-state index contributed by atoms with van der Waals surface area (Å²) in [5.74, 6) is 2.66. The lowest BCUT2D eigenvalue weighted by molar-refractivity contribution is -0.126. The molecule has 0 aliphatic carbocycles. The smallest absolute Gasteiger partial charge is 0.223 e. The largest absolute Gasteiger partial charge is 0.497 e. The molecule has 0 aromatic heterocycles. The molecular weight excluding hydrogens is 368 g/mol. The fourth-order valence-corrected chi connectivity index (χ4v) is 3.65. The number of carbonyl (C=O) groups excluding carboxylic acids is 1. The van der Waals surface area contributed by atoms with Crippen LogP contribution in [0.1, 0.15) is 24.0 Å². The third kappa shape index (κ3) is 5.64. The molecule has 1 heterocycles. The first-order valence-electron chi connectivity index (χ1n) is 9.97. The second-order valence-electron chi connectivity index (χ2n) is 7.29. The Morgan fingerprint density at radius 2 is 1.62 bits per heavy atom. The number of nitrogens with zero attached hydrogens (tertiary/aromatic N) is 1. The number of benzene rings is 2. The number of methoxy groups -OCH3 is 3. The molecule has 1 amide bonds. The number of carbonyl (C=O) groups is 1. The van der Waals surface area contributed by atoms with E-state index in [1.54, 1.807) is 21.3 Å². The van der Waals surface area contributed by atoms with E-state index in [9.17, 15) is 4.79 Å². The molecule has 1 N–H and O–H groups in total. The summed E-state index contributed by atoms with van der Waals surface area (Å²) in [7, 11) is 4.98. The molecule has 1 aliphatic rings. The summed E-state index contributed by atoms with van der Waals surface area (Å²) in [6, 6.07) is 13.7. The fraction of sp³-hybridized carbons (Fsp3) is 0.435. The van der Waals surface area contributed by atoms with Crippen molar-refractivity contribution in [1.29, 1.82) is 0 Å². The molecule has 0 saturated carbocycles. The lowest BCUT2D eigenvalue weighted by atomic mass is 9.95. The first-order valence-corrected chi connectivity index (χ1v) is 9.97. The summed E-state index contributed by atoms with van der Waals surface area (Å²) >= 11 is 0. The van der Waals surface area contributed by atoms with Crippen molar-refractivity contribution in [3.8, 4) is 17.2 Å². The van der Waals surface area contributed by atoms with Gasteiger partial charge in [0.25, 0.3) is 0 Å². The van der Waals surface area contributed by atoms with Crippen LogP contribution >= 0.6 is 0 Å². The molecule has 0 bridgehead atoms. The van der Waals surface area contributed by atoms with Gasteiger partial charge in [-0.3, -0.25) is 9.69 Å². The monoisotopic (exact) mass is 398 g/mol. The standard InChI is InChI=1S/C23H30N2O4/c1-27-20-7-4-17(5-8-20)15-24-23(26)18-10-12-25(13-11-18)16-19-6-9-21(28-2)14-22(19)29-3/h4-9,14,18H,10-13,15-16H2,1-3H3,(H,24,26). The molecule has 1 saturated heterocycles. The quantitative estimate of drug-likeness (QED) is 0.740. The third-order valence-corrected chi connectivity index (χ3v) is 5.47. The van der Waals surface area contributed by atoms with Crippen molar-refractivity contribution in [3.05, 3.63) is 53.6 Å². The molecule has 6 nitrogen and oxygen atoms in total. The van der Waals surface area contributed by atoms with E-state index in [0.717, 1.165) is 60.9 Å². The highest BCUT2D eigenvalue weighted by atomic mass is 16.5. The number of piperidine rings is 1. The van der Waals surface area contributed by atoms with E-state index >= 15 is 0 Å². The van der Waals surface area contributed by atoms with Crippen LogP contribution in [0.5, 0.6) is 17.2 Å². The maximum absolute atomic E-state index is 12.5. The van der Waals surface area contributed by atoms with Crippen LogP contribution in [0.25, 0.3) is 0 Å². The molecule has 0 radical (unpaired) electrons. The molecule has 3 rings (SSSR count).